The van der Waals surface area contributed by atoms with E-state index in [0.717, 1.165) is 0 Å². The van der Waals surface area contributed by atoms with Crippen LogP contribution in [0.3, 0.4) is 0 Å². The molecule has 0 aliphatic carbocycles. The van der Waals surface area contributed by atoms with Crippen LogP contribution in [0.25, 0.3) is 0 Å². The Morgan fingerprint density at radius 2 is 1.21 bits per heavy atom. The van der Waals surface area contributed by atoms with Gasteiger partial charge in [0.1, 0.15) is 0 Å². The van der Waals surface area contributed by atoms with Crippen LogP contribution in [0.15, 0.2) is 24.3 Å². The highest BCUT2D eigenvalue weighted by atomic mass is 31.2. The SMILES string of the molecule is C=C(C)C(=O)OCCCOP(=O)(OC)OCCCOC(=O)C(=C)C. The molecular weight excluding hydrogens is 339 g/mol. The lowest BCUT2D eigenvalue weighted by Crippen LogP contribution is -2.10. The average molecular weight is 364 g/mol. The summed E-state index contributed by atoms with van der Waals surface area (Å²) in [6, 6.07) is 0. The van der Waals surface area contributed by atoms with E-state index in [4.69, 9.17) is 23.0 Å². The van der Waals surface area contributed by atoms with Crippen molar-refractivity contribution in [1.82, 2.24) is 0 Å². The van der Waals surface area contributed by atoms with E-state index in [0.29, 0.717) is 24.0 Å². The Morgan fingerprint density at radius 1 is 0.833 bits per heavy atom. The molecule has 0 amide bonds. The van der Waals surface area contributed by atoms with Gasteiger partial charge in [0, 0.05) is 31.1 Å². The highest BCUT2D eigenvalue weighted by molar-refractivity contribution is 7.48. The van der Waals surface area contributed by atoms with Crippen molar-refractivity contribution in [2.45, 2.75) is 26.7 Å². The van der Waals surface area contributed by atoms with Crippen LogP contribution in [0.2, 0.25) is 0 Å². The molecule has 0 saturated carbocycles. The number of esters is 2. The van der Waals surface area contributed by atoms with E-state index in [9.17, 15) is 14.2 Å². The fraction of sp³-hybridized carbons (Fsp3) is 0.600. The zero-order valence-corrected chi connectivity index (χ0v) is 15.3. The van der Waals surface area contributed by atoms with Gasteiger partial charge in [-0.3, -0.25) is 13.6 Å². The van der Waals surface area contributed by atoms with Gasteiger partial charge in [-0.25, -0.2) is 14.2 Å². The van der Waals surface area contributed by atoms with Crippen LogP contribution in [0.1, 0.15) is 26.7 Å². The molecule has 0 aromatic heterocycles. The van der Waals surface area contributed by atoms with E-state index in [-0.39, 0.29) is 26.4 Å². The fourth-order valence-corrected chi connectivity index (χ4v) is 2.18. The highest BCUT2D eigenvalue weighted by Crippen LogP contribution is 2.48. The Morgan fingerprint density at radius 3 is 1.50 bits per heavy atom. The number of phosphoric acid groups is 1. The Hall–Kier alpha value is -1.47. The Labute approximate surface area is 142 Å². The van der Waals surface area contributed by atoms with E-state index < -0.39 is 19.8 Å². The van der Waals surface area contributed by atoms with Gasteiger partial charge < -0.3 is 9.47 Å². The molecule has 0 N–H and O–H groups in total. The summed E-state index contributed by atoms with van der Waals surface area (Å²) in [4.78, 5) is 22.3. The van der Waals surface area contributed by atoms with Gasteiger partial charge in [-0.1, -0.05) is 13.2 Å². The van der Waals surface area contributed by atoms with E-state index in [2.05, 4.69) is 13.2 Å². The summed E-state index contributed by atoms with van der Waals surface area (Å²) >= 11 is 0. The predicted molar refractivity (Wildman–Crippen MR) is 87.3 cm³/mol. The molecule has 0 aliphatic heterocycles. The van der Waals surface area contributed by atoms with Crippen LogP contribution in [0.4, 0.5) is 0 Å². The minimum absolute atomic E-state index is 0.0270. The number of hydrogen-bond donors (Lipinski definition) is 0. The molecule has 8 nitrogen and oxygen atoms in total. The van der Waals surface area contributed by atoms with Crippen LogP contribution in [0.5, 0.6) is 0 Å². The van der Waals surface area contributed by atoms with Gasteiger partial charge in [-0.05, 0) is 13.8 Å². The fourth-order valence-electron chi connectivity index (χ4n) is 1.19. The maximum absolute atomic E-state index is 12.1. The first-order chi connectivity index (χ1) is 11.2. The lowest BCUT2D eigenvalue weighted by Gasteiger charge is -2.16. The van der Waals surface area contributed by atoms with Crippen molar-refractivity contribution in [3.8, 4) is 0 Å². The third kappa shape index (κ3) is 10.3. The number of ether oxygens (including phenoxy) is 2. The van der Waals surface area contributed by atoms with Gasteiger partial charge in [-0.2, -0.15) is 0 Å². The number of carbonyl (C=O) groups excluding carboxylic acids is 2. The van der Waals surface area contributed by atoms with Gasteiger partial charge in [-0.15, -0.1) is 0 Å². The van der Waals surface area contributed by atoms with Gasteiger partial charge in [0.25, 0.3) is 0 Å². The monoisotopic (exact) mass is 364 g/mol. The normalized spacial score (nSPS) is 11.0. The minimum atomic E-state index is -3.68. The van der Waals surface area contributed by atoms with E-state index >= 15 is 0 Å². The standard InChI is InChI=1S/C15H25O8P/c1-12(2)14(16)20-8-6-10-22-24(18,19-5)23-11-7-9-21-15(17)13(3)4/h1,3,6-11H2,2,4-5H3. The number of hydrogen-bond acceptors (Lipinski definition) is 8. The minimum Gasteiger partial charge on any atom is -0.462 e. The van der Waals surface area contributed by atoms with Crippen molar-refractivity contribution >= 4 is 19.8 Å². The second kappa shape index (κ2) is 12.0. The van der Waals surface area contributed by atoms with Crippen LogP contribution < -0.4 is 0 Å². The summed E-state index contributed by atoms with van der Waals surface area (Å²) in [5, 5.41) is 0. The van der Waals surface area contributed by atoms with Gasteiger partial charge >= 0.3 is 19.8 Å². The molecular formula is C15H25O8P. The summed E-state index contributed by atoms with van der Waals surface area (Å²) in [5.74, 6) is -0.990. The van der Waals surface area contributed by atoms with Crippen LogP contribution in [-0.4, -0.2) is 45.5 Å². The van der Waals surface area contributed by atoms with Crippen molar-refractivity contribution in [1.29, 1.82) is 0 Å². The summed E-state index contributed by atoms with van der Waals surface area (Å²) in [6.07, 6.45) is 0.651. The number of rotatable bonds is 13. The third-order valence-electron chi connectivity index (χ3n) is 2.46. The van der Waals surface area contributed by atoms with Crippen molar-refractivity contribution in [3.63, 3.8) is 0 Å². The Kier molecular flexibility index (Phi) is 11.2. The average Bonchev–Trinajstić information content (AvgIpc) is 2.53. The topological polar surface area (TPSA) is 97.4 Å². The maximum atomic E-state index is 12.1. The molecule has 0 aromatic carbocycles. The molecule has 0 heterocycles. The smallest absolute Gasteiger partial charge is 0.462 e. The van der Waals surface area contributed by atoms with Crippen molar-refractivity contribution in [2.75, 3.05) is 33.5 Å². The van der Waals surface area contributed by atoms with Gasteiger partial charge in [0.05, 0.1) is 26.4 Å². The molecule has 0 aliphatic rings. The lowest BCUT2D eigenvalue weighted by atomic mass is 10.4. The zero-order valence-electron chi connectivity index (χ0n) is 14.4. The van der Waals surface area contributed by atoms with Gasteiger partial charge in [0.2, 0.25) is 0 Å². The highest BCUT2D eigenvalue weighted by Gasteiger charge is 2.24. The number of phosphoric ester groups is 1. The summed E-state index contributed by atoms with van der Waals surface area (Å²) in [7, 11) is -2.48. The summed E-state index contributed by atoms with van der Waals surface area (Å²) in [6.45, 7) is 10.2. The van der Waals surface area contributed by atoms with Crippen LogP contribution in [0, 0.1) is 0 Å². The zero-order chi connectivity index (χ0) is 18.6. The molecule has 0 radical (unpaired) electrons. The third-order valence-corrected chi connectivity index (χ3v) is 3.91. The molecule has 0 bridgehead atoms. The van der Waals surface area contributed by atoms with Crippen LogP contribution in [-0.2, 0) is 37.2 Å². The van der Waals surface area contributed by atoms with Crippen molar-refractivity contribution < 1.29 is 37.2 Å². The Bertz CT molecular complexity index is 460. The second-order valence-electron chi connectivity index (χ2n) is 4.84. The van der Waals surface area contributed by atoms with Crippen molar-refractivity contribution in [3.05, 3.63) is 24.3 Å². The molecule has 0 aromatic rings. The molecule has 0 unspecified atom stereocenters. The first kappa shape index (κ1) is 22.5. The molecule has 9 heteroatoms. The lowest BCUT2D eigenvalue weighted by molar-refractivity contribution is -0.140. The van der Waals surface area contributed by atoms with Crippen molar-refractivity contribution in [2.24, 2.45) is 0 Å². The van der Waals surface area contributed by atoms with Crippen LogP contribution >= 0.6 is 7.82 Å². The summed E-state index contributed by atoms with van der Waals surface area (Å²) < 4.78 is 36.7. The van der Waals surface area contributed by atoms with E-state index in [1.807, 2.05) is 0 Å². The molecule has 0 fully saturated rings. The molecule has 0 spiro atoms. The largest absolute Gasteiger partial charge is 0.474 e. The molecule has 0 atom stereocenters. The second-order valence-corrected chi connectivity index (χ2v) is 6.61. The first-order valence-corrected chi connectivity index (χ1v) is 8.78. The van der Waals surface area contributed by atoms with E-state index in [1.54, 1.807) is 13.8 Å². The molecule has 138 valence electrons. The summed E-state index contributed by atoms with van der Waals surface area (Å²) in [5.41, 5.74) is 0.600. The molecule has 0 saturated heterocycles. The maximum Gasteiger partial charge on any atom is 0.474 e. The molecule has 0 rings (SSSR count). The quantitative estimate of drug-likeness (QED) is 0.213. The Balaban J connectivity index is 3.90. The molecule has 24 heavy (non-hydrogen) atoms. The first-order valence-electron chi connectivity index (χ1n) is 7.32. The predicted octanol–water partition coefficient (Wildman–Crippen LogP) is 2.79. The van der Waals surface area contributed by atoms with Gasteiger partial charge in [0.15, 0.2) is 0 Å². The van der Waals surface area contributed by atoms with E-state index in [1.165, 1.54) is 7.11 Å². The number of carbonyl (C=O) groups is 2.